The summed E-state index contributed by atoms with van der Waals surface area (Å²) in [5.74, 6) is 0.404. The molecule has 5 aromatic carbocycles. The summed E-state index contributed by atoms with van der Waals surface area (Å²) < 4.78 is 6.22. The zero-order chi connectivity index (χ0) is 20.6. The van der Waals surface area contributed by atoms with Crippen LogP contribution < -0.4 is 15.1 Å². The molecule has 0 bridgehead atoms. The number of fused-ring (bicyclic) bond motifs is 2. The Morgan fingerprint density at radius 2 is 0.900 bits per heavy atom. The zero-order valence-corrected chi connectivity index (χ0v) is 17.1. The summed E-state index contributed by atoms with van der Waals surface area (Å²) in [5, 5.41) is 4.13. The van der Waals surface area contributed by atoms with Crippen molar-refractivity contribution in [3.8, 4) is 5.75 Å². The fraction of sp³-hybridized carbons (Fsp3) is 0. The van der Waals surface area contributed by atoms with Crippen LogP contribution in [-0.4, -0.2) is 9.79 Å². The molecule has 0 saturated heterocycles. The van der Waals surface area contributed by atoms with Crippen LogP contribution in [0.5, 0.6) is 5.75 Å². The van der Waals surface area contributed by atoms with E-state index in [1.165, 1.54) is 0 Å². The van der Waals surface area contributed by atoms with Crippen molar-refractivity contribution in [2.24, 2.45) is 0 Å². The van der Waals surface area contributed by atoms with Crippen molar-refractivity contribution < 1.29 is 14.3 Å². The fourth-order valence-electron chi connectivity index (χ4n) is 4.03. The predicted octanol–water partition coefficient (Wildman–Crippen LogP) is 5.31. The van der Waals surface area contributed by atoms with Gasteiger partial charge >= 0.3 is 175 Å². The number of para-hydroxylation sites is 1. The van der Waals surface area contributed by atoms with Gasteiger partial charge in [0.1, 0.15) is 0 Å². The maximum atomic E-state index is 12.3. The summed E-state index contributed by atoms with van der Waals surface area (Å²) in [5.41, 5.74) is 0. The van der Waals surface area contributed by atoms with Gasteiger partial charge in [-0.1, -0.05) is 0 Å². The van der Waals surface area contributed by atoms with Crippen LogP contribution in [0.25, 0.3) is 21.5 Å². The molecule has 0 unspecified atom stereocenters. The van der Waals surface area contributed by atoms with E-state index in [4.69, 9.17) is 4.52 Å². The average molecular weight is 412 g/mol. The number of rotatable bonds is 4. The fourth-order valence-corrected chi connectivity index (χ4v) is 6.99. The number of hydrogen-bond acceptors (Lipinski definition) is 3. The molecule has 0 fully saturated rings. The molecule has 30 heavy (non-hydrogen) atoms. The molecule has 0 atom stereocenters. The minimum atomic E-state index is -5.08. The van der Waals surface area contributed by atoms with Crippen LogP contribution in [0.3, 0.4) is 0 Å². The average Bonchev–Trinajstić information content (AvgIpc) is 2.79. The molecule has 0 aliphatic rings. The third-order valence-electron chi connectivity index (χ3n) is 5.42. The molecular weight excluding hydrogens is 391 g/mol. The Labute approximate surface area is 175 Å². The number of hydrogen-bond donors (Lipinski definition) is 2. The van der Waals surface area contributed by atoms with Crippen LogP contribution in [0.1, 0.15) is 0 Å². The van der Waals surface area contributed by atoms with E-state index in [1.807, 2.05) is 91.0 Å². The topological polar surface area (TPSA) is 49.7 Å². The normalized spacial score (nSPS) is 13.1. The summed E-state index contributed by atoms with van der Waals surface area (Å²) in [6.07, 6.45) is 0. The van der Waals surface area contributed by atoms with Crippen molar-refractivity contribution in [2.45, 2.75) is 0 Å². The van der Waals surface area contributed by atoms with Crippen LogP contribution in [0.2, 0.25) is 0 Å². The number of benzene rings is 5. The summed E-state index contributed by atoms with van der Waals surface area (Å²) in [6, 6.07) is 35.5. The predicted molar refractivity (Wildman–Crippen MR) is 126 cm³/mol. The Kier molecular flexibility index (Phi) is 4.34. The second-order valence-corrected chi connectivity index (χ2v) is 10.4. The van der Waals surface area contributed by atoms with Gasteiger partial charge in [0.05, 0.1) is 0 Å². The molecule has 5 aromatic rings. The Morgan fingerprint density at radius 3 is 1.43 bits per heavy atom. The van der Waals surface area contributed by atoms with Crippen molar-refractivity contribution in [1.29, 1.82) is 0 Å². The van der Waals surface area contributed by atoms with Gasteiger partial charge in [-0.3, -0.25) is 0 Å². The first-order valence-corrected chi connectivity index (χ1v) is 11.8. The third kappa shape index (κ3) is 2.96. The molecule has 0 aliphatic carbocycles. The van der Waals surface area contributed by atoms with Crippen molar-refractivity contribution in [3.63, 3.8) is 0 Å². The van der Waals surface area contributed by atoms with Gasteiger partial charge in [-0.15, -0.1) is 0 Å². The van der Waals surface area contributed by atoms with Gasteiger partial charge in [-0.25, -0.2) is 0 Å². The zero-order valence-electron chi connectivity index (χ0n) is 16.2. The van der Waals surface area contributed by atoms with Gasteiger partial charge in [-0.2, -0.15) is 0 Å². The van der Waals surface area contributed by atoms with Gasteiger partial charge < -0.3 is 0 Å². The molecule has 0 aliphatic heterocycles. The Morgan fingerprint density at radius 1 is 0.467 bits per heavy atom. The van der Waals surface area contributed by atoms with E-state index in [1.54, 1.807) is 24.3 Å². The van der Waals surface area contributed by atoms with E-state index >= 15 is 0 Å². The van der Waals surface area contributed by atoms with Crippen LogP contribution in [0, 0.1) is 0 Å². The maximum absolute atomic E-state index is 12.3. The Hall–Kier alpha value is -3.23. The Bertz CT molecular complexity index is 1270. The molecule has 0 radical (unpaired) electrons. The molecule has 2 N–H and O–H groups in total. The van der Waals surface area contributed by atoms with Crippen molar-refractivity contribution in [2.75, 3.05) is 0 Å². The Balaban J connectivity index is 1.89. The van der Waals surface area contributed by atoms with Crippen molar-refractivity contribution in [1.82, 2.24) is 0 Å². The summed E-state index contributed by atoms with van der Waals surface area (Å²) in [7, 11) is -5.08. The first-order valence-electron chi connectivity index (χ1n) is 9.79. The molecular formula is C26H21O3P. The molecule has 3 nitrogen and oxygen atoms in total. The first kappa shape index (κ1) is 18.8. The second-order valence-electron chi connectivity index (χ2n) is 7.35. The molecule has 5 rings (SSSR count). The molecule has 0 saturated carbocycles. The second kappa shape index (κ2) is 6.93. The van der Waals surface area contributed by atoms with E-state index in [2.05, 4.69) is 0 Å². The summed E-state index contributed by atoms with van der Waals surface area (Å²) >= 11 is 0. The quantitative estimate of drug-likeness (QED) is 0.394. The summed E-state index contributed by atoms with van der Waals surface area (Å²) in [4.78, 5) is 24.7. The van der Waals surface area contributed by atoms with Gasteiger partial charge in [0, 0.05) is 0 Å². The van der Waals surface area contributed by atoms with Gasteiger partial charge in [0.2, 0.25) is 0 Å². The van der Waals surface area contributed by atoms with Crippen LogP contribution in [-0.2, 0) is 0 Å². The first-order chi connectivity index (χ1) is 14.6. The van der Waals surface area contributed by atoms with Crippen LogP contribution in [0.4, 0.5) is 0 Å². The van der Waals surface area contributed by atoms with E-state index in [9.17, 15) is 9.79 Å². The minimum absolute atomic E-state index is 0.388. The van der Waals surface area contributed by atoms with Gasteiger partial charge in [0.25, 0.3) is 0 Å². The molecule has 0 amide bonds. The van der Waals surface area contributed by atoms with Crippen LogP contribution in [0.15, 0.2) is 115 Å². The van der Waals surface area contributed by atoms with E-state index < -0.39 is 7.28 Å². The third-order valence-corrected chi connectivity index (χ3v) is 8.50. The van der Waals surface area contributed by atoms with Crippen LogP contribution >= 0.6 is 7.28 Å². The van der Waals surface area contributed by atoms with E-state index in [0.29, 0.717) is 16.4 Å². The molecule has 148 valence electrons. The molecule has 0 spiro atoms. The molecule has 4 heteroatoms. The standard InChI is InChI=1S/C26H21O3P/c27-30(28,29-22-14-2-1-3-15-22,25-18-8-12-20-10-4-6-16-23(20)25)26-19-9-13-21-11-5-7-17-24(21)26/h1-19,27-28H. The molecule has 0 aromatic heterocycles. The van der Waals surface area contributed by atoms with Gasteiger partial charge in [0.15, 0.2) is 0 Å². The van der Waals surface area contributed by atoms with Gasteiger partial charge in [-0.05, 0) is 0 Å². The van der Waals surface area contributed by atoms with Crippen molar-refractivity contribution in [3.05, 3.63) is 115 Å². The monoisotopic (exact) mass is 412 g/mol. The van der Waals surface area contributed by atoms with E-state index in [-0.39, 0.29) is 0 Å². The SMILES string of the molecule is OP(O)(Oc1ccccc1)(c1cccc2ccccc12)c1cccc2ccccc12. The van der Waals surface area contributed by atoms with Crippen molar-refractivity contribution >= 4 is 39.4 Å². The molecule has 0 heterocycles. The van der Waals surface area contributed by atoms with E-state index in [0.717, 1.165) is 21.5 Å². The summed E-state index contributed by atoms with van der Waals surface area (Å²) in [6.45, 7) is 0.